The average molecular weight is 248 g/mol. The second-order valence-corrected chi connectivity index (χ2v) is 5.16. The van der Waals surface area contributed by atoms with Crippen LogP contribution in [0.4, 0.5) is 0 Å². The molecule has 92 valence electrons. The molecule has 17 heavy (non-hydrogen) atoms. The van der Waals surface area contributed by atoms with Gasteiger partial charge in [-0.3, -0.25) is 4.99 Å². The number of amidine groups is 1. The first kappa shape index (κ1) is 12.5. The number of benzene rings is 1. The Morgan fingerprint density at radius 3 is 2.41 bits per heavy atom. The summed E-state index contributed by atoms with van der Waals surface area (Å²) in [5, 5.41) is 1.18. The van der Waals surface area contributed by atoms with E-state index in [1.807, 2.05) is 7.05 Å². The van der Waals surface area contributed by atoms with Crippen molar-refractivity contribution in [3.05, 3.63) is 35.9 Å². The highest BCUT2D eigenvalue weighted by Gasteiger charge is 2.21. The summed E-state index contributed by atoms with van der Waals surface area (Å²) in [5.41, 5.74) is 1.49. The fourth-order valence-electron chi connectivity index (χ4n) is 2.49. The lowest BCUT2D eigenvalue weighted by atomic mass is 9.90. The Morgan fingerprint density at radius 2 is 1.88 bits per heavy atom. The van der Waals surface area contributed by atoms with Crippen molar-refractivity contribution in [2.75, 3.05) is 26.4 Å². The number of hydrogen-bond acceptors (Lipinski definition) is 2. The summed E-state index contributed by atoms with van der Waals surface area (Å²) in [7, 11) is 1.88. The van der Waals surface area contributed by atoms with Crippen LogP contribution < -0.4 is 0 Å². The van der Waals surface area contributed by atoms with Crippen molar-refractivity contribution < 1.29 is 0 Å². The Morgan fingerprint density at radius 1 is 1.24 bits per heavy atom. The first-order valence-corrected chi connectivity index (χ1v) is 7.38. The highest BCUT2D eigenvalue weighted by molar-refractivity contribution is 8.13. The maximum absolute atomic E-state index is 4.33. The largest absolute Gasteiger partial charge is 0.351 e. The van der Waals surface area contributed by atoms with Crippen LogP contribution in [-0.4, -0.2) is 36.5 Å². The summed E-state index contributed by atoms with van der Waals surface area (Å²) in [6.07, 6.45) is 4.58. The van der Waals surface area contributed by atoms with Crippen LogP contribution in [0.25, 0.3) is 0 Å². The number of thioether (sulfide) groups is 1. The molecule has 1 saturated heterocycles. The molecule has 3 heteroatoms. The molecule has 0 N–H and O–H groups in total. The molecule has 1 aromatic rings. The van der Waals surface area contributed by atoms with Crippen LogP contribution in [0.5, 0.6) is 0 Å². The van der Waals surface area contributed by atoms with Crippen LogP contribution in [0.2, 0.25) is 0 Å². The highest BCUT2D eigenvalue weighted by atomic mass is 32.2. The predicted molar refractivity (Wildman–Crippen MR) is 76.9 cm³/mol. The van der Waals surface area contributed by atoms with Crippen molar-refractivity contribution >= 4 is 16.9 Å². The van der Waals surface area contributed by atoms with Crippen molar-refractivity contribution in [1.82, 2.24) is 4.90 Å². The zero-order valence-corrected chi connectivity index (χ0v) is 11.4. The number of aliphatic imine (C=N–C) groups is 1. The van der Waals surface area contributed by atoms with E-state index in [4.69, 9.17) is 0 Å². The molecule has 0 saturated carbocycles. The minimum absolute atomic E-state index is 0.729. The topological polar surface area (TPSA) is 15.6 Å². The van der Waals surface area contributed by atoms with Crippen LogP contribution in [0.3, 0.4) is 0 Å². The third kappa shape index (κ3) is 3.03. The maximum atomic E-state index is 4.33. The smallest absolute Gasteiger partial charge is 0.158 e. The zero-order valence-electron chi connectivity index (χ0n) is 10.6. The molecular weight excluding hydrogens is 228 g/mol. The summed E-state index contributed by atoms with van der Waals surface area (Å²) in [5.74, 6) is 0.729. The van der Waals surface area contributed by atoms with E-state index in [0.29, 0.717) is 0 Å². The van der Waals surface area contributed by atoms with Crippen LogP contribution in [-0.2, 0) is 0 Å². The third-order valence-electron chi connectivity index (χ3n) is 3.41. The minimum Gasteiger partial charge on any atom is -0.351 e. The van der Waals surface area contributed by atoms with Gasteiger partial charge in [0.05, 0.1) is 0 Å². The van der Waals surface area contributed by atoms with Crippen molar-refractivity contribution in [3.8, 4) is 0 Å². The third-order valence-corrected chi connectivity index (χ3v) is 4.22. The van der Waals surface area contributed by atoms with Gasteiger partial charge < -0.3 is 4.90 Å². The van der Waals surface area contributed by atoms with Gasteiger partial charge in [-0.2, -0.15) is 0 Å². The van der Waals surface area contributed by atoms with Gasteiger partial charge in [-0.25, -0.2) is 0 Å². The van der Waals surface area contributed by atoms with Gasteiger partial charge in [-0.15, -0.1) is 0 Å². The van der Waals surface area contributed by atoms with Crippen LogP contribution in [0.15, 0.2) is 35.3 Å². The van der Waals surface area contributed by atoms with Crippen molar-refractivity contribution in [2.24, 2.45) is 4.99 Å². The van der Waals surface area contributed by atoms with Crippen molar-refractivity contribution in [2.45, 2.75) is 18.8 Å². The molecule has 0 atom stereocenters. The number of hydrogen-bond donors (Lipinski definition) is 0. The molecule has 1 aliphatic heterocycles. The normalized spacial score (nSPS) is 18.5. The van der Waals surface area contributed by atoms with Crippen molar-refractivity contribution in [3.63, 3.8) is 0 Å². The zero-order chi connectivity index (χ0) is 12.1. The molecule has 0 aromatic heterocycles. The van der Waals surface area contributed by atoms with Crippen LogP contribution >= 0.6 is 11.8 Å². The Labute approximate surface area is 108 Å². The Balaban J connectivity index is 1.95. The van der Waals surface area contributed by atoms with E-state index < -0.39 is 0 Å². The summed E-state index contributed by atoms with van der Waals surface area (Å²) >= 11 is 1.75. The van der Waals surface area contributed by atoms with Crippen molar-refractivity contribution in [1.29, 1.82) is 0 Å². The van der Waals surface area contributed by atoms with Gasteiger partial charge in [0.25, 0.3) is 0 Å². The Kier molecular flexibility index (Phi) is 4.49. The maximum Gasteiger partial charge on any atom is 0.158 e. The lowest BCUT2D eigenvalue weighted by Gasteiger charge is -2.33. The van der Waals surface area contributed by atoms with E-state index in [1.54, 1.807) is 11.8 Å². The summed E-state index contributed by atoms with van der Waals surface area (Å²) in [6.45, 7) is 2.26. The Hall–Kier alpha value is -0.960. The van der Waals surface area contributed by atoms with E-state index in [1.165, 1.54) is 23.6 Å². The SMILES string of the molecule is C/N=C(\SC)N1CCC(c2ccccc2)CC1. The first-order valence-electron chi connectivity index (χ1n) is 6.16. The second-order valence-electron chi connectivity index (χ2n) is 4.38. The van der Waals surface area contributed by atoms with E-state index in [-0.39, 0.29) is 0 Å². The van der Waals surface area contributed by atoms with Gasteiger partial charge >= 0.3 is 0 Å². The predicted octanol–water partition coefficient (Wildman–Crippen LogP) is 3.21. The van der Waals surface area contributed by atoms with E-state index >= 15 is 0 Å². The lowest BCUT2D eigenvalue weighted by Crippen LogP contribution is -2.36. The quantitative estimate of drug-likeness (QED) is 0.560. The van der Waals surface area contributed by atoms with Gasteiger partial charge in [-0.1, -0.05) is 42.1 Å². The van der Waals surface area contributed by atoms with Crippen LogP contribution in [0.1, 0.15) is 24.3 Å². The molecule has 0 spiro atoms. The molecule has 0 amide bonds. The molecule has 2 rings (SSSR count). The minimum atomic E-state index is 0.729. The number of likely N-dealkylation sites (tertiary alicyclic amines) is 1. The fourth-order valence-corrected chi connectivity index (χ4v) is 3.11. The molecule has 0 unspecified atom stereocenters. The monoisotopic (exact) mass is 248 g/mol. The molecule has 1 aliphatic rings. The van der Waals surface area contributed by atoms with Gasteiger partial charge in [0.1, 0.15) is 0 Å². The second kappa shape index (κ2) is 6.10. The van der Waals surface area contributed by atoms with E-state index in [2.05, 4.69) is 46.5 Å². The molecule has 1 aromatic carbocycles. The fraction of sp³-hybridized carbons (Fsp3) is 0.500. The highest BCUT2D eigenvalue weighted by Crippen LogP contribution is 2.28. The van der Waals surface area contributed by atoms with E-state index in [0.717, 1.165) is 19.0 Å². The first-order chi connectivity index (χ1) is 8.35. The average Bonchev–Trinajstić information content (AvgIpc) is 2.42. The number of piperidine rings is 1. The number of nitrogens with zero attached hydrogens (tertiary/aromatic N) is 2. The molecular formula is C14H20N2S. The molecule has 1 heterocycles. The molecule has 0 radical (unpaired) electrons. The molecule has 1 fully saturated rings. The van der Waals surface area contributed by atoms with E-state index in [9.17, 15) is 0 Å². The van der Waals surface area contributed by atoms with Gasteiger partial charge in [0.15, 0.2) is 5.17 Å². The standard InChI is InChI=1S/C14H20N2S/c1-15-14(17-2)16-10-8-13(9-11-16)12-6-4-3-5-7-12/h3-7,13H,8-11H2,1-2H3/b15-14-. The molecule has 0 aliphatic carbocycles. The summed E-state index contributed by atoms with van der Waals surface area (Å²) in [6, 6.07) is 10.9. The molecule has 0 bridgehead atoms. The van der Waals surface area contributed by atoms with Gasteiger partial charge in [-0.05, 0) is 30.6 Å². The lowest BCUT2D eigenvalue weighted by molar-refractivity contribution is 0.317. The molecule has 2 nitrogen and oxygen atoms in total. The summed E-state index contributed by atoms with van der Waals surface area (Å²) in [4.78, 5) is 6.74. The van der Waals surface area contributed by atoms with Gasteiger partial charge in [0, 0.05) is 20.1 Å². The number of rotatable bonds is 1. The Bertz CT molecular complexity index is 367. The van der Waals surface area contributed by atoms with Crippen LogP contribution in [0, 0.1) is 0 Å². The van der Waals surface area contributed by atoms with Gasteiger partial charge in [0.2, 0.25) is 0 Å². The summed E-state index contributed by atoms with van der Waals surface area (Å²) < 4.78 is 0.